The number of carbonyl (C=O) groups excluding carboxylic acids is 2. The molecule has 0 unspecified atom stereocenters. The van der Waals surface area contributed by atoms with E-state index in [1.165, 1.54) is 11.8 Å². The molecule has 1 heterocycles. The number of nitrogens with zero attached hydrogens (tertiary/aromatic N) is 2. The van der Waals surface area contributed by atoms with E-state index in [1.807, 2.05) is 24.3 Å². The molecule has 8 heteroatoms. The molecule has 0 radical (unpaired) electrons. The molecule has 0 bridgehead atoms. The lowest BCUT2D eigenvalue weighted by molar-refractivity contribution is -0.117. The van der Waals surface area contributed by atoms with Gasteiger partial charge in [0.15, 0.2) is 5.16 Å². The largest absolute Gasteiger partial charge is 0.383 e. The third kappa shape index (κ3) is 6.03. The van der Waals surface area contributed by atoms with Crippen LogP contribution in [0.15, 0.2) is 29.4 Å². The fourth-order valence-electron chi connectivity index (χ4n) is 2.37. The van der Waals surface area contributed by atoms with Crippen LogP contribution in [0.2, 0.25) is 0 Å². The molecule has 0 saturated carbocycles. The number of thioether (sulfide) groups is 1. The fraction of sp³-hybridized carbons (Fsp3) is 0.500. The van der Waals surface area contributed by atoms with Crippen molar-refractivity contribution in [1.29, 1.82) is 0 Å². The van der Waals surface area contributed by atoms with E-state index < -0.39 is 6.03 Å². The quantitative estimate of drug-likeness (QED) is 0.518. The predicted molar refractivity (Wildman–Crippen MR) is 103 cm³/mol. The van der Waals surface area contributed by atoms with Crippen LogP contribution >= 0.6 is 11.8 Å². The number of imide groups is 1. The molecular weight excluding hydrogens is 352 g/mol. The maximum absolute atomic E-state index is 12.0. The van der Waals surface area contributed by atoms with Crippen LogP contribution in [0.1, 0.15) is 20.3 Å². The number of amides is 3. The topological polar surface area (TPSA) is 85.2 Å². The second-order valence-electron chi connectivity index (χ2n) is 6.30. The van der Waals surface area contributed by atoms with Gasteiger partial charge in [-0.15, -0.1) is 0 Å². The summed E-state index contributed by atoms with van der Waals surface area (Å²) in [7, 11) is 1.55. The second-order valence-corrected chi connectivity index (χ2v) is 7.25. The highest BCUT2D eigenvalue weighted by atomic mass is 32.2. The zero-order valence-electron chi connectivity index (χ0n) is 15.4. The molecular formula is C18H26N4O3S. The van der Waals surface area contributed by atoms with Gasteiger partial charge in [-0.2, -0.15) is 0 Å². The number of aryl methyl sites for hydroxylation is 1. The summed E-state index contributed by atoms with van der Waals surface area (Å²) in [5.41, 5.74) is 1.98. The van der Waals surface area contributed by atoms with Gasteiger partial charge in [-0.25, -0.2) is 9.78 Å². The molecule has 2 N–H and O–H groups in total. The fourth-order valence-corrected chi connectivity index (χ4v) is 3.21. The number of imidazole rings is 1. The Kier molecular flexibility index (Phi) is 7.93. The molecule has 3 amide bonds. The Labute approximate surface area is 157 Å². The lowest BCUT2D eigenvalue weighted by Gasteiger charge is -2.10. The second kappa shape index (κ2) is 10.2. The Hall–Kier alpha value is -2.06. The summed E-state index contributed by atoms with van der Waals surface area (Å²) >= 11 is 1.34. The maximum Gasteiger partial charge on any atom is 0.321 e. The van der Waals surface area contributed by atoms with Crippen LogP contribution in [0, 0.1) is 5.92 Å². The molecule has 1 aromatic carbocycles. The first-order valence-electron chi connectivity index (χ1n) is 8.66. The van der Waals surface area contributed by atoms with Crippen molar-refractivity contribution in [3.05, 3.63) is 24.3 Å². The summed E-state index contributed by atoms with van der Waals surface area (Å²) in [6.07, 6.45) is 1.03. The zero-order chi connectivity index (χ0) is 18.9. The number of methoxy groups -OCH3 is 1. The van der Waals surface area contributed by atoms with Gasteiger partial charge in [-0.3, -0.25) is 10.1 Å². The van der Waals surface area contributed by atoms with E-state index in [2.05, 4.69) is 34.0 Å². The third-order valence-corrected chi connectivity index (χ3v) is 4.70. The monoisotopic (exact) mass is 378 g/mol. The highest BCUT2D eigenvalue weighted by Gasteiger charge is 2.14. The number of ether oxygens (including phenoxy) is 1. The van der Waals surface area contributed by atoms with Crippen molar-refractivity contribution in [2.24, 2.45) is 5.92 Å². The van der Waals surface area contributed by atoms with Crippen molar-refractivity contribution in [3.8, 4) is 0 Å². The molecule has 0 spiro atoms. The minimum absolute atomic E-state index is 0.128. The number of fused-ring (bicyclic) bond motifs is 1. The summed E-state index contributed by atoms with van der Waals surface area (Å²) in [5.74, 6) is 0.350. The normalized spacial score (nSPS) is 11.1. The van der Waals surface area contributed by atoms with Crippen LogP contribution in [0.4, 0.5) is 4.79 Å². The molecule has 0 fully saturated rings. The molecule has 1 aromatic heterocycles. The molecule has 26 heavy (non-hydrogen) atoms. The van der Waals surface area contributed by atoms with Crippen molar-refractivity contribution < 1.29 is 14.3 Å². The standard InChI is InChI=1S/C18H26N4O3S/c1-13(2)8-10-22-15-7-5-4-6-14(15)20-18(22)26-12-16(23)21-17(24)19-9-11-25-3/h4-7,13H,8-12H2,1-3H3,(H2,19,21,23,24). The number of benzene rings is 1. The minimum Gasteiger partial charge on any atom is -0.383 e. The smallest absolute Gasteiger partial charge is 0.321 e. The van der Waals surface area contributed by atoms with Crippen molar-refractivity contribution in [2.75, 3.05) is 26.0 Å². The predicted octanol–water partition coefficient (Wildman–Crippen LogP) is 2.65. The maximum atomic E-state index is 12.0. The average molecular weight is 378 g/mol. The molecule has 7 nitrogen and oxygen atoms in total. The molecule has 0 atom stereocenters. The van der Waals surface area contributed by atoms with E-state index in [-0.39, 0.29) is 11.7 Å². The first kappa shape index (κ1) is 20.3. The van der Waals surface area contributed by atoms with Crippen LogP contribution in [0.3, 0.4) is 0 Å². The highest BCUT2D eigenvalue weighted by molar-refractivity contribution is 7.99. The third-order valence-electron chi connectivity index (χ3n) is 3.73. The number of para-hydroxylation sites is 2. The van der Waals surface area contributed by atoms with E-state index in [0.29, 0.717) is 19.1 Å². The average Bonchev–Trinajstić information content (AvgIpc) is 2.96. The number of carbonyl (C=O) groups is 2. The van der Waals surface area contributed by atoms with Gasteiger partial charge in [0.2, 0.25) is 5.91 Å². The molecule has 142 valence electrons. The summed E-state index contributed by atoms with van der Waals surface area (Å²) in [6.45, 7) is 5.97. The van der Waals surface area contributed by atoms with Gasteiger partial charge in [0.25, 0.3) is 0 Å². The SMILES string of the molecule is COCCNC(=O)NC(=O)CSc1nc2ccccc2n1CCC(C)C. The lowest BCUT2D eigenvalue weighted by atomic mass is 10.1. The van der Waals surface area contributed by atoms with Gasteiger partial charge >= 0.3 is 6.03 Å². The Morgan fingerprint density at radius 1 is 1.31 bits per heavy atom. The Morgan fingerprint density at radius 2 is 2.08 bits per heavy atom. The number of aromatic nitrogens is 2. The van der Waals surface area contributed by atoms with Gasteiger partial charge in [0.1, 0.15) is 0 Å². The van der Waals surface area contributed by atoms with Crippen LogP contribution in [0.25, 0.3) is 11.0 Å². The molecule has 0 aliphatic heterocycles. The van der Waals surface area contributed by atoms with Crippen LogP contribution < -0.4 is 10.6 Å². The first-order valence-corrected chi connectivity index (χ1v) is 9.64. The lowest BCUT2D eigenvalue weighted by Crippen LogP contribution is -2.41. The van der Waals surface area contributed by atoms with Gasteiger partial charge < -0.3 is 14.6 Å². The Bertz CT molecular complexity index is 745. The number of rotatable bonds is 9. The molecule has 2 rings (SSSR count). The van der Waals surface area contributed by atoms with Gasteiger partial charge in [-0.05, 0) is 24.5 Å². The van der Waals surface area contributed by atoms with Crippen molar-refractivity contribution >= 4 is 34.7 Å². The van der Waals surface area contributed by atoms with Crippen molar-refractivity contribution in [3.63, 3.8) is 0 Å². The van der Waals surface area contributed by atoms with E-state index in [9.17, 15) is 9.59 Å². The van der Waals surface area contributed by atoms with Crippen molar-refractivity contribution in [1.82, 2.24) is 20.2 Å². The Morgan fingerprint density at radius 3 is 2.81 bits per heavy atom. The van der Waals surface area contributed by atoms with E-state index in [4.69, 9.17) is 4.74 Å². The minimum atomic E-state index is -0.513. The summed E-state index contributed by atoms with van der Waals surface area (Å²) in [6, 6.07) is 7.43. The Balaban J connectivity index is 1.97. The zero-order valence-corrected chi connectivity index (χ0v) is 16.3. The number of urea groups is 1. The van der Waals surface area contributed by atoms with Crippen LogP contribution in [0.5, 0.6) is 0 Å². The van der Waals surface area contributed by atoms with Gasteiger partial charge in [0, 0.05) is 20.2 Å². The molecule has 0 aliphatic rings. The van der Waals surface area contributed by atoms with E-state index >= 15 is 0 Å². The van der Waals surface area contributed by atoms with Gasteiger partial charge in [0.05, 0.1) is 23.4 Å². The number of hydrogen-bond acceptors (Lipinski definition) is 5. The molecule has 0 aliphatic carbocycles. The van der Waals surface area contributed by atoms with E-state index in [1.54, 1.807) is 7.11 Å². The van der Waals surface area contributed by atoms with Crippen molar-refractivity contribution in [2.45, 2.75) is 32.0 Å². The highest BCUT2D eigenvalue weighted by Crippen LogP contribution is 2.25. The summed E-state index contributed by atoms with van der Waals surface area (Å²) in [5, 5.41) is 5.66. The van der Waals surface area contributed by atoms with Crippen LogP contribution in [-0.4, -0.2) is 47.5 Å². The van der Waals surface area contributed by atoms with E-state index in [0.717, 1.165) is 29.2 Å². The molecule has 2 aromatic rings. The number of hydrogen-bond donors (Lipinski definition) is 2. The first-order chi connectivity index (χ1) is 12.5. The van der Waals surface area contributed by atoms with Gasteiger partial charge in [-0.1, -0.05) is 37.7 Å². The number of nitrogens with one attached hydrogen (secondary N) is 2. The van der Waals surface area contributed by atoms with Crippen LogP contribution in [-0.2, 0) is 16.1 Å². The molecule has 0 saturated heterocycles. The summed E-state index contributed by atoms with van der Waals surface area (Å²) < 4.78 is 6.99. The summed E-state index contributed by atoms with van der Waals surface area (Å²) in [4.78, 5) is 28.2.